The SMILES string of the molecule is CC(Oc1ccc(C#N)cc1Cl)C(=O)N1c2ccccc2NC(=O)C1(C)C. The third kappa shape index (κ3) is 3.34. The Morgan fingerprint density at radius 3 is 2.67 bits per heavy atom. The molecule has 27 heavy (non-hydrogen) atoms. The summed E-state index contributed by atoms with van der Waals surface area (Å²) in [5.74, 6) is -0.357. The van der Waals surface area contributed by atoms with Crippen molar-refractivity contribution >= 4 is 34.8 Å². The normalized spacial score (nSPS) is 16.0. The first-order valence-corrected chi connectivity index (χ1v) is 8.74. The van der Waals surface area contributed by atoms with Gasteiger partial charge in [-0.05, 0) is 51.1 Å². The Hall–Kier alpha value is -3.04. The summed E-state index contributed by atoms with van der Waals surface area (Å²) >= 11 is 6.14. The molecule has 0 bridgehead atoms. The Balaban J connectivity index is 1.92. The van der Waals surface area contributed by atoms with E-state index in [1.165, 1.54) is 11.0 Å². The summed E-state index contributed by atoms with van der Waals surface area (Å²) in [5, 5.41) is 12.0. The number of benzene rings is 2. The highest BCUT2D eigenvalue weighted by Crippen LogP contribution is 2.37. The summed E-state index contributed by atoms with van der Waals surface area (Å²) in [5.41, 5.74) is 0.485. The molecule has 0 aromatic heterocycles. The number of anilines is 2. The minimum atomic E-state index is -1.09. The van der Waals surface area contributed by atoms with Crippen LogP contribution in [0.2, 0.25) is 5.02 Å². The number of hydrogen-bond donors (Lipinski definition) is 1. The molecule has 1 N–H and O–H groups in total. The monoisotopic (exact) mass is 383 g/mol. The first kappa shape index (κ1) is 18.7. The van der Waals surface area contributed by atoms with Crippen LogP contribution >= 0.6 is 11.6 Å². The molecule has 0 radical (unpaired) electrons. The van der Waals surface area contributed by atoms with E-state index in [0.29, 0.717) is 22.7 Å². The van der Waals surface area contributed by atoms with Crippen LogP contribution in [0.5, 0.6) is 5.75 Å². The van der Waals surface area contributed by atoms with Crippen LogP contribution in [0.15, 0.2) is 42.5 Å². The number of fused-ring (bicyclic) bond motifs is 1. The molecular weight excluding hydrogens is 366 g/mol. The lowest BCUT2D eigenvalue weighted by Gasteiger charge is -2.42. The second-order valence-corrected chi connectivity index (χ2v) is 7.13. The molecule has 2 aromatic rings. The first-order valence-electron chi connectivity index (χ1n) is 8.36. The molecule has 3 rings (SSSR count). The number of carbonyl (C=O) groups is 2. The third-order valence-electron chi connectivity index (χ3n) is 4.44. The van der Waals surface area contributed by atoms with Crippen molar-refractivity contribution in [1.82, 2.24) is 0 Å². The molecule has 0 saturated carbocycles. The molecule has 1 aliphatic heterocycles. The second-order valence-electron chi connectivity index (χ2n) is 6.72. The standard InChI is InChI=1S/C20H18ClN3O3/c1-12(27-17-9-8-13(11-22)10-14(17)21)18(25)24-16-7-5-4-6-15(16)23-19(26)20(24,2)3/h4-10,12H,1-3H3,(H,23,26). The quantitative estimate of drug-likeness (QED) is 0.875. The van der Waals surface area contributed by atoms with E-state index in [1.54, 1.807) is 57.2 Å². The Morgan fingerprint density at radius 2 is 2.00 bits per heavy atom. The molecule has 138 valence electrons. The van der Waals surface area contributed by atoms with E-state index in [4.69, 9.17) is 21.6 Å². The maximum atomic E-state index is 13.2. The summed E-state index contributed by atoms with van der Waals surface area (Å²) in [6.45, 7) is 4.96. The molecule has 7 heteroatoms. The van der Waals surface area contributed by atoms with Gasteiger partial charge in [0.2, 0.25) is 5.91 Å². The highest BCUT2D eigenvalue weighted by atomic mass is 35.5. The van der Waals surface area contributed by atoms with Gasteiger partial charge in [-0.15, -0.1) is 0 Å². The Bertz CT molecular complexity index is 965. The minimum Gasteiger partial charge on any atom is -0.479 e. The average Bonchev–Trinajstić information content (AvgIpc) is 2.63. The highest BCUT2D eigenvalue weighted by molar-refractivity contribution is 6.32. The van der Waals surface area contributed by atoms with E-state index in [-0.39, 0.29) is 16.8 Å². The van der Waals surface area contributed by atoms with Crippen molar-refractivity contribution in [2.75, 3.05) is 10.2 Å². The zero-order chi connectivity index (χ0) is 19.8. The number of ether oxygens (including phenoxy) is 1. The van der Waals surface area contributed by atoms with E-state index in [2.05, 4.69) is 5.32 Å². The molecule has 6 nitrogen and oxygen atoms in total. The number of halogens is 1. The number of rotatable bonds is 3. The second kappa shape index (κ2) is 6.93. The van der Waals surface area contributed by atoms with Gasteiger partial charge in [-0.2, -0.15) is 5.26 Å². The number of nitrogens with zero attached hydrogens (tertiary/aromatic N) is 2. The summed E-state index contributed by atoms with van der Waals surface area (Å²) in [7, 11) is 0. The Labute approximate surface area is 162 Å². The number of nitrogens with one attached hydrogen (secondary N) is 1. The largest absolute Gasteiger partial charge is 0.479 e. The van der Waals surface area contributed by atoms with E-state index in [9.17, 15) is 9.59 Å². The molecule has 2 amide bonds. The van der Waals surface area contributed by atoms with Gasteiger partial charge >= 0.3 is 0 Å². The molecule has 0 aliphatic carbocycles. The fourth-order valence-electron chi connectivity index (χ4n) is 2.94. The predicted octanol–water partition coefficient (Wildman–Crippen LogP) is 3.74. The topological polar surface area (TPSA) is 82.4 Å². The van der Waals surface area contributed by atoms with Gasteiger partial charge in [0.25, 0.3) is 5.91 Å². The third-order valence-corrected chi connectivity index (χ3v) is 4.74. The minimum absolute atomic E-state index is 0.241. The van der Waals surface area contributed by atoms with Crippen LogP contribution in [-0.2, 0) is 9.59 Å². The van der Waals surface area contributed by atoms with Gasteiger partial charge < -0.3 is 10.1 Å². The van der Waals surface area contributed by atoms with Gasteiger partial charge in [-0.25, -0.2) is 0 Å². The first-order chi connectivity index (χ1) is 12.8. The lowest BCUT2D eigenvalue weighted by atomic mass is 9.95. The number of amides is 2. The van der Waals surface area contributed by atoms with Crippen molar-refractivity contribution in [2.45, 2.75) is 32.4 Å². The molecule has 1 heterocycles. The molecular formula is C20H18ClN3O3. The fourth-order valence-corrected chi connectivity index (χ4v) is 3.16. The van der Waals surface area contributed by atoms with Crippen molar-refractivity contribution in [3.05, 3.63) is 53.1 Å². The van der Waals surface area contributed by atoms with E-state index >= 15 is 0 Å². The van der Waals surface area contributed by atoms with Crippen LogP contribution in [-0.4, -0.2) is 23.5 Å². The van der Waals surface area contributed by atoms with E-state index in [0.717, 1.165) is 0 Å². The lowest BCUT2D eigenvalue weighted by molar-refractivity contribution is -0.130. The molecule has 1 unspecified atom stereocenters. The maximum Gasteiger partial charge on any atom is 0.268 e. The number of hydrogen-bond acceptors (Lipinski definition) is 4. The molecule has 0 spiro atoms. The van der Waals surface area contributed by atoms with Gasteiger partial charge in [-0.3, -0.25) is 14.5 Å². The van der Waals surface area contributed by atoms with Gasteiger partial charge in [0.05, 0.1) is 28.0 Å². The van der Waals surface area contributed by atoms with Crippen LogP contribution in [0.1, 0.15) is 26.3 Å². The van der Waals surface area contributed by atoms with Crippen molar-refractivity contribution in [3.8, 4) is 11.8 Å². The van der Waals surface area contributed by atoms with Crippen molar-refractivity contribution in [3.63, 3.8) is 0 Å². The summed E-state index contributed by atoms with van der Waals surface area (Å²) in [6.07, 6.45) is -0.895. The smallest absolute Gasteiger partial charge is 0.268 e. The van der Waals surface area contributed by atoms with Crippen LogP contribution < -0.4 is 15.0 Å². The van der Waals surface area contributed by atoms with E-state index < -0.39 is 11.6 Å². The van der Waals surface area contributed by atoms with Crippen LogP contribution in [0.25, 0.3) is 0 Å². The highest BCUT2D eigenvalue weighted by Gasteiger charge is 2.45. The summed E-state index contributed by atoms with van der Waals surface area (Å²) in [6, 6.07) is 13.7. The van der Waals surface area contributed by atoms with Crippen molar-refractivity contribution in [1.29, 1.82) is 5.26 Å². The molecule has 0 fully saturated rings. The molecule has 0 saturated heterocycles. The van der Waals surface area contributed by atoms with Gasteiger partial charge in [0.15, 0.2) is 6.10 Å². The summed E-state index contributed by atoms with van der Waals surface area (Å²) in [4.78, 5) is 27.1. The molecule has 1 aliphatic rings. The van der Waals surface area contributed by atoms with Gasteiger partial charge in [0.1, 0.15) is 11.3 Å². The zero-order valence-electron chi connectivity index (χ0n) is 15.1. The van der Waals surface area contributed by atoms with Crippen LogP contribution in [0.3, 0.4) is 0 Å². The summed E-state index contributed by atoms with van der Waals surface area (Å²) < 4.78 is 5.74. The molecule has 1 atom stereocenters. The number of nitriles is 1. The average molecular weight is 384 g/mol. The maximum absolute atomic E-state index is 13.2. The van der Waals surface area contributed by atoms with E-state index in [1.807, 2.05) is 6.07 Å². The van der Waals surface area contributed by atoms with Crippen LogP contribution in [0, 0.1) is 11.3 Å². The lowest BCUT2D eigenvalue weighted by Crippen LogP contribution is -2.60. The number of para-hydroxylation sites is 2. The van der Waals surface area contributed by atoms with Crippen LogP contribution in [0.4, 0.5) is 11.4 Å². The van der Waals surface area contributed by atoms with Gasteiger partial charge in [0, 0.05) is 0 Å². The molecule has 2 aromatic carbocycles. The number of carbonyl (C=O) groups excluding carboxylic acids is 2. The fraction of sp³-hybridized carbons (Fsp3) is 0.250. The van der Waals surface area contributed by atoms with Crippen molar-refractivity contribution < 1.29 is 14.3 Å². The Morgan fingerprint density at radius 1 is 1.30 bits per heavy atom. The predicted molar refractivity (Wildman–Crippen MR) is 103 cm³/mol. The zero-order valence-corrected chi connectivity index (χ0v) is 15.9. The van der Waals surface area contributed by atoms with Crippen molar-refractivity contribution in [2.24, 2.45) is 0 Å². The van der Waals surface area contributed by atoms with Gasteiger partial charge in [-0.1, -0.05) is 23.7 Å². The Kier molecular flexibility index (Phi) is 4.81.